The number of benzene rings is 2. The lowest BCUT2D eigenvalue weighted by Crippen LogP contribution is -2.14. The normalized spacial score (nSPS) is 10.7. The molecule has 0 fully saturated rings. The molecule has 0 saturated carbocycles. The van der Waals surface area contributed by atoms with Crippen molar-refractivity contribution >= 4 is 40.6 Å². The van der Waals surface area contributed by atoms with Crippen molar-refractivity contribution < 1.29 is 9.72 Å². The molecule has 0 atom stereocenters. The Balaban J connectivity index is 1.65. The summed E-state index contributed by atoms with van der Waals surface area (Å²) >= 11 is 7.13. The van der Waals surface area contributed by atoms with E-state index in [1.165, 1.54) is 17.8 Å². The van der Waals surface area contributed by atoms with Crippen LogP contribution in [0, 0.1) is 17.0 Å². The number of thioether (sulfide) groups is 1. The molecule has 0 aliphatic heterocycles. The van der Waals surface area contributed by atoms with Gasteiger partial charge in [-0.1, -0.05) is 29.4 Å². The van der Waals surface area contributed by atoms with Crippen LogP contribution in [0.25, 0.3) is 11.4 Å². The minimum absolute atomic E-state index is 0.0358. The molecule has 0 saturated heterocycles. The standard InChI is InChI=1S/C18H16ClN5O3S/c1-11-3-8-14(9-15(11)24(26)27)20-16(25)10-28-18-22-21-17(23(18)2)12-4-6-13(19)7-5-12/h3-9H,10H2,1-2H3,(H,20,25). The Morgan fingerprint density at radius 1 is 1.25 bits per heavy atom. The number of anilines is 1. The smallest absolute Gasteiger partial charge is 0.274 e. The number of aryl methyl sites for hydroxylation is 1. The molecule has 0 aliphatic rings. The largest absolute Gasteiger partial charge is 0.325 e. The second-order valence-electron chi connectivity index (χ2n) is 5.97. The number of carbonyl (C=O) groups is 1. The van der Waals surface area contributed by atoms with Crippen LogP contribution in [0.2, 0.25) is 5.02 Å². The number of aromatic nitrogens is 3. The van der Waals surface area contributed by atoms with Crippen molar-refractivity contribution in [1.29, 1.82) is 0 Å². The number of nitrogens with one attached hydrogen (secondary N) is 1. The zero-order chi connectivity index (χ0) is 20.3. The zero-order valence-corrected chi connectivity index (χ0v) is 16.6. The number of rotatable bonds is 6. The molecule has 10 heteroatoms. The maximum absolute atomic E-state index is 12.2. The van der Waals surface area contributed by atoms with Crippen LogP contribution < -0.4 is 5.32 Å². The van der Waals surface area contributed by atoms with Crippen LogP contribution in [0.15, 0.2) is 47.6 Å². The lowest BCUT2D eigenvalue weighted by molar-refractivity contribution is -0.385. The first-order chi connectivity index (χ1) is 13.3. The highest BCUT2D eigenvalue weighted by Gasteiger charge is 2.15. The van der Waals surface area contributed by atoms with Gasteiger partial charge in [0, 0.05) is 35.0 Å². The van der Waals surface area contributed by atoms with Gasteiger partial charge in [-0.25, -0.2) is 0 Å². The molecule has 144 valence electrons. The summed E-state index contributed by atoms with van der Waals surface area (Å²) in [7, 11) is 1.81. The first kappa shape index (κ1) is 19.8. The van der Waals surface area contributed by atoms with Crippen LogP contribution >= 0.6 is 23.4 Å². The van der Waals surface area contributed by atoms with Crippen molar-refractivity contribution in [3.8, 4) is 11.4 Å². The summed E-state index contributed by atoms with van der Waals surface area (Å²) in [4.78, 5) is 22.7. The molecule has 0 bridgehead atoms. The van der Waals surface area contributed by atoms with Crippen molar-refractivity contribution in [3.63, 3.8) is 0 Å². The predicted molar refractivity (Wildman–Crippen MR) is 109 cm³/mol. The highest BCUT2D eigenvalue weighted by atomic mass is 35.5. The molecule has 28 heavy (non-hydrogen) atoms. The van der Waals surface area contributed by atoms with E-state index in [-0.39, 0.29) is 17.3 Å². The van der Waals surface area contributed by atoms with Gasteiger partial charge in [0.25, 0.3) is 5.69 Å². The average molecular weight is 418 g/mol. The minimum Gasteiger partial charge on any atom is -0.325 e. The van der Waals surface area contributed by atoms with E-state index < -0.39 is 4.92 Å². The first-order valence-corrected chi connectivity index (χ1v) is 9.54. The number of halogens is 1. The topological polar surface area (TPSA) is 103 Å². The zero-order valence-electron chi connectivity index (χ0n) is 15.0. The Morgan fingerprint density at radius 2 is 1.96 bits per heavy atom. The highest BCUT2D eigenvalue weighted by molar-refractivity contribution is 7.99. The molecular weight excluding hydrogens is 402 g/mol. The SMILES string of the molecule is Cc1ccc(NC(=O)CSc2nnc(-c3ccc(Cl)cc3)n2C)cc1[N+](=O)[O-]. The van der Waals surface area contributed by atoms with Crippen LogP contribution in [-0.2, 0) is 11.8 Å². The predicted octanol–water partition coefficient (Wildman–Crippen LogP) is 4.08. The molecule has 0 unspecified atom stereocenters. The minimum atomic E-state index is -0.475. The second kappa shape index (κ2) is 8.41. The van der Waals surface area contributed by atoms with E-state index in [1.54, 1.807) is 35.8 Å². The van der Waals surface area contributed by atoms with Gasteiger partial charge >= 0.3 is 0 Å². The number of amides is 1. The van der Waals surface area contributed by atoms with Crippen LogP contribution in [0.5, 0.6) is 0 Å². The monoisotopic (exact) mass is 417 g/mol. The van der Waals surface area contributed by atoms with Crippen molar-refractivity contribution in [3.05, 3.63) is 63.2 Å². The van der Waals surface area contributed by atoms with E-state index in [0.29, 0.717) is 27.3 Å². The van der Waals surface area contributed by atoms with Crippen LogP contribution in [0.4, 0.5) is 11.4 Å². The first-order valence-electron chi connectivity index (χ1n) is 8.18. The molecule has 1 heterocycles. The fourth-order valence-corrected chi connectivity index (χ4v) is 3.34. The van der Waals surface area contributed by atoms with Crippen LogP contribution in [0.1, 0.15) is 5.56 Å². The highest BCUT2D eigenvalue weighted by Crippen LogP contribution is 2.25. The molecule has 3 rings (SSSR count). The third kappa shape index (κ3) is 4.49. The fourth-order valence-electron chi connectivity index (χ4n) is 2.50. The molecule has 1 amide bonds. The summed E-state index contributed by atoms with van der Waals surface area (Å²) < 4.78 is 1.79. The quantitative estimate of drug-likeness (QED) is 0.368. The Labute approximate surface area is 170 Å². The van der Waals surface area contributed by atoms with Gasteiger partial charge in [0.2, 0.25) is 5.91 Å². The second-order valence-corrected chi connectivity index (χ2v) is 7.35. The summed E-state index contributed by atoms with van der Waals surface area (Å²) in [5.41, 5.74) is 1.74. The van der Waals surface area contributed by atoms with E-state index in [4.69, 9.17) is 11.6 Å². The van der Waals surface area contributed by atoms with E-state index in [2.05, 4.69) is 15.5 Å². The number of hydrogen-bond acceptors (Lipinski definition) is 6. The van der Waals surface area contributed by atoms with Gasteiger partial charge in [-0.2, -0.15) is 0 Å². The Morgan fingerprint density at radius 3 is 2.64 bits per heavy atom. The molecular formula is C18H16ClN5O3S. The van der Waals surface area contributed by atoms with Gasteiger partial charge in [-0.05, 0) is 37.3 Å². The van der Waals surface area contributed by atoms with Crippen molar-refractivity contribution in [1.82, 2.24) is 14.8 Å². The average Bonchev–Trinajstić information content (AvgIpc) is 3.02. The third-order valence-corrected chi connectivity index (χ3v) is 5.23. The summed E-state index contributed by atoms with van der Waals surface area (Å²) in [6.45, 7) is 1.64. The number of hydrogen-bond donors (Lipinski definition) is 1. The maximum atomic E-state index is 12.2. The van der Waals surface area contributed by atoms with Gasteiger partial charge in [0.1, 0.15) is 0 Å². The van der Waals surface area contributed by atoms with Crippen molar-refractivity contribution in [2.75, 3.05) is 11.1 Å². The Kier molecular flexibility index (Phi) is 5.96. The molecule has 0 spiro atoms. The lowest BCUT2D eigenvalue weighted by atomic mass is 10.2. The molecule has 1 N–H and O–H groups in total. The molecule has 8 nitrogen and oxygen atoms in total. The summed E-state index contributed by atoms with van der Waals surface area (Å²) in [6.07, 6.45) is 0. The van der Waals surface area contributed by atoms with Gasteiger partial charge in [0.15, 0.2) is 11.0 Å². The fraction of sp³-hybridized carbons (Fsp3) is 0.167. The van der Waals surface area contributed by atoms with Gasteiger partial charge < -0.3 is 9.88 Å². The van der Waals surface area contributed by atoms with E-state index in [9.17, 15) is 14.9 Å². The molecule has 1 aromatic heterocycles. The number of nitro groups is 1. The number of nitro benzene ring substituents is 1. The lowest BCUT2D eigenvalue weighted by Gasteiger charge is -2.06. The van der Waals surface area contributed by atoms with Gasteiger partial charge in [-0.15, -0.1) is 10.2 Å². The molecule has 3 aromatic rings. The van der Waals surface area contributed by atoms with Gasteiger partial charge in [-0.3, -0.25) is 14.9 Å². The summed E-state index contributed by atoms with van der Waals surface area (Å²) in [6, 6.07) is 11.8. The molecule has 0 radical (unpaired) electrons. The number of carbonyl (C=O) groups excluding carboxylic acids is 1. The van der Waals surface area contributed by atoms with E-state index in [0.717, 1.165) is 5.56 Å². The Hall–Kier alpha value is -2.91. The number of nitrogens with zero attached hydrogens (tertiary/aromatic N) is 4. The van der Waals surface area contributed by atoms with Crippen molar-refractivity contribution in [2.24, 2.45) is 7.05 Å². The van der Waals surface area contributed by atoms with Crippen LogP contribution in [-0.4, -0.2) is 31.3 Å². The molecule has 2 aromatic carbocycles. The Bertz CT molecular complexity index is 1040. The maximum Gasteiger partial charge on any atom is 0.274 e. The van der Waals surface area contributed by atoms with E-state index in [1.807, 2.05) is 19.2 Å². The molecule has 0 aliphatic carbocycles. The van der Waals surface area contributed by atoms with Crippen molar-refractivity contribution in [2.45, 2.75) is 12.1 Å². The van der Waals surface area contributed by atoms with Crippen LogP contribution in [0.3, 0.4) is 0 Å². The summed E-state index contributed by atoms with van der Waals surface area (Å²) in [5, 5.41) is 23.2. The summed E-state index contributed by atoms with van der Waals surface area (Å²) in [5.74, 6) is 0.460. The van der Waals surface area contributed by atoms with E-state index >= 15 is 0 Å². The third-order valence-electron chi connectivity index (χ3n) is 3.96. The van der Waals surface area contributed by atoms with Gasteiger partial charge in [0.05, 0.1) is 10.7 Å².